The highest BCUT2D eigenvalue weighted by Crippen LogP contribution is 2.13. The van der Waals surface area contributed by atoms with E-state index in [9.17, 15) is 9.59 Å². The molecule has 0 radical (unpaired) electrons. The lowest BCUT2D eigenvalue weighted by Gasteiger charge is -2.05. The molecule has 0 rings (SSSR count). The Labute approximate surface area is 154 Å². The summed E-state index contributed by atoms with van der Waals surface area (Å²) in [6.07, 6.45) is 18.5. The van der Waals surface area contributed by atoms with Gasteiger partial charge in [-0.25, -0.2) is 0 Å². The van der Waals surface area contributed by atoms with E-state index < -0.39 is 0 Å². The van der Waals surface area contributed by atoms with Crippen LogP contribution in [0.25, 0.3) is 0 Å². The van der Waals surface area contributed by atoms with Gasteiger partial charge in [-0.2, -0.15) is 0 Å². The predicted molar refractivity (Wildman–Crippen MR) is 104 cm³/mol. The van der Waals surface area contributed by atoms with E-state index in [0.29, 0.717) is 13.0 Å². The molecule has 0 aliphatic heterocycles. The summed E-state index contributed by atoms with van der Waals surface area (Å²) in [6, 6.07) is 0. The second-order valence-electron chi connectivity index (χ2n) is 6.71. The van der Waals surface area contributed by atoms with Crippen LogP contribution >= 0.6 is 0 Å². The van der Waals surface area contributed by atoms with Crippen molar-refractivity contribution >= 4 is 11.9 Å². The maximum atomic E-state index is 11.5. The Morgan fingerprint density at radius 2 is 1.32 bits per heavy atom. The Hall–Kier alpha value is -1.32. The Morgan fingerprint density at radius 1 is 0.840 bits per heavy atom. The number of carbonyl (C=O) groups excluding carboxylic acids is 2. The van der Waals surface area contributed by atoms with Crippen LogP contribution < -0.4 is 5.32 Å². The minimum atomic E-state index is -0.243. The number of esters is 1. The third kappa shape index (κ3) is 18.9. The van der Waals surface area contributed by atoms with Gasteiger partial charge in [-0.15, -0.1) is 0 Å². The fraction of sp³-hybridized carbons (Fsp3) is 0.810. The molecule has 0 aromatic carbocycles. The summed E-state index contributed by atoms with van der Waals surface area (Å²) in [4.78, 5) is 22.4. The fourth-order valence-electron chi connectivity index (χ4n) is 2.77. The van der Waals surface area contributed by atoms with Gasteiger partial charge in [0.25, 0.3) is 0 Å². The monoisotopic (exact) mass is 353 g/mol. The van der Waals surface area contributed by atoms with E-state index in [-0.39, 0.29) is 18.5 Å². The minimum Gasteiger partial charge on any atom is -0.464 e. The molecular weight excluding hydrogens is 314 g/mol. The number of amides is 1. The molecule has 1 N–H and O–H groups in total. The summed E-state index contributed by atoms with van der Waals surface area (Å²) in [7, 11) is 0. The Balaban J connectivity index is 3.18. The third-order valence-electron chi connectivity index (χ3n) is 4.33. The molecule has 0 unspecified atom stereocenters. The van der Waals surface area contributed by atoms with Crippen molar-refractivity contribution in [1.29, 1.82) is 0 Å². The molecule has 0 spiro atoms. The Kier molecular flexibility index (Phi) is 18.0. The molecule has 0 aliphatic carbocycles. The molecule has 0 saturated carbocycles. The number of nitrogens with one attached hydrogen (secondary N) is 1. The van der Waals surface area contributed by atoms with E-state index in [0.717, 1.165) is 12.8 Å². The molecule has 0 atom stereocenters. The molecule has 0 aromatic rings. The van der Waals surface area contributed by atoms with Crippen LogP contribution in [-0.4, -0.2) is 25.0 Å². The maximum absolute atomic E-state index is 11.5. The number of ether oxygens (including phenoxy) is 1. The van der Waals surface area contributed by atoms with E-state index in [1.807, 2.05) is 0 Å². The van der Waals surface area contributed by atoms with Crippen molar-refractivity contribution in [1.82, 2.24) is 5.32 Å². The summed E-state index contributed by atoms with van der Waals surface area (Å²) >= 11 is 0. The van der Waals surface area contributed by atoms with Crippen LogP contribution in [0.5, 0.6) is 0 Å². The second-order valence-corrected chi connectivity index (χ2v) is 6.71. The standard InChI is InChI=1S/C21H39NO3/c1-3-5-6-7-8-9-10-11-12-13-14-15-16-17-21(24)25-19-18-22-20(23)4-2/h4H,2-3,5-19H2,1H3,(H,22,23). The van der Waals surface area contributed by atoms with Gasteiger partial charge < -0.3 is 10.1 Å². The molecular formula is C21H39NO3. The zero-order valence-electron chi connectivity index (χ0n) is 16.3. The average Bonchev–Trinajstić information content (AvgIpc) is 2.62. The lowest BCUT2D eigenvalue weighted by atomic mass is 10.0. The number of carbonyl (C=O) groups is 2. The zero-order chi connectivity index (χ0) is 18.6. The molecule has 0 heterocycles. The first-order chi connectivity index (χ1) is 12.2. The number of hydrogen-bond acceptors (Lipinski definition) is 3. The van der Waals surface area contributed by atoms with Gasteiger partial charge in [-0.1, -0.05) is 90.6 Å². The van der Waals surface area contributed by atoms with E-state index in [1.54, 1.807) is 0 Å². The van der Waals surface area contributed by atoms with Crippen molar-refractivity contribution in [3.05, 3.63) is 12.7 Å². The first-order valence-electron chi connectivity index (χ1n) is 10.3. The second kappa shape index (κ2) is 19.0. The summed E-state index contributed by atoms with van der Waals surface area (Å²) < 4.78 is 5.06. The van der Waals surface area contributed by atoms with Gasteiger partial charge in [-0.05, 0) is 12.5 Å². The number of unbranched alkanes of at least 4 members (excludes halogenated alkanes) is 12. The van der Waals surface area contributed by atoms with E-state index >= 15 is 0 Å². The van der Waals surface area contributed by atoms with E-state index in [2.05, 4.69) is 18.8 Å². The Morgan fingerprint density at radius 3 is 1.80 bits per heavy atom. The third-order valence-corrected chi connectivity index (χ3v) is 4.33. The molecule has 4 nitrogen and oxygen atoms in total. The summed E-state index contributed by atoms with van der Waals surface area (Å²) in [6.45, 7) is 6.19. The van der Waals surface area contributed by atoms with Crippen LogP contribution in [0.1, 0.15) is 96.8 Å². The Bertz CT molecular complexity index is 342. The van der Waals surface area contributed by atoms with Gasteiger partial charge in [0, 0.05) is 6.42 Å². The van der Waals surface area contributed by atoms with Crippen LogP contribution in [0.4, 0.5) is 0 Å². The zero-order valence-corrected chi connectivity index (χ0v) is 16.3. The van der Waals surface area contributed by atoms with Gasteiger partial charge in [0.1, 0.15) is 6.61 Å². The van der Waals surface area contributed by atoms with Crippen molar-refractivity contribution < 1.29 is 14.3 Å². The van der Waals surface area contributed by atoms with Crippen molar-refractivity contribution in [2.75, 3.05) is 13.2 Å². The highest BCUT2D eigenvalue weighted by molar-refractivity contribution is 5.86. The van der Waals surface area contributed by atoms with Crippen LogP contribution in [0.15, 0.2) is 12.7 Å². The molecule has 4 heteroatoms. The first-order valence-corrected chi connectivity index (χ1v) is 10.3. The van der Waals surface area contributed by atoms with Crippen molar-refractivity contribution in [3.8, 4) is 0 Å². The van der Waals surface area contributed by atoms with E-state index in [4.69, 9.17) is 4.74 Å². The highest BCUT2D eigenvalue weighted by atomic mass is 16.5. The molecule has 146 valence electrons. The summed E-state index contributed by atoms with van der Waals surface area (Å²) in [5.41, 5.74) is 0. The van der Waals surface area contributed by atoms with Crippen LogP contribution in [-0.2, 0) is 14.3 Å². The lowest BCUT2D eigenvalue weighted by Crippen LogP contribution is -2.26. The van der Waals surface area contributed by atoms with Crippen LogP contribution in [0.2, 0.25) is 0 Å². The largest absolute Gasteiger partial charge is 0.464 e. The molecule has 0 saturated heterocycles. The molecule has 0 fully saturated rings. The van der Waals surface area contributed by atoms with Gasteiger partial charge in [-0.3, -0.25) is 9.59 Å². The molecule has 0 aromatic heterocycles. The van der Waals surface area contributed by atoms with Crippen molar-refractivity contribution in [3.63, 3.8) is 0 Å². The topological polar surface area (TPSA) is 55.4 Å². The van der Waals surface area contributed by atoms with E-state index in [1.165, 1.54) is 76.7 Å². The summed E-state index contributed by atoms with van der Waals surface area (Å²) in [5, 5.41) is 2.57. The molecule has 1 amide bonds. The van der Waals surface area contributed by atoms with Crippen LogP contribution in [0, 0.1) is 0 Å². The molecule has 25 heavy (non-hydrogen) atoms. The van der Waals surface area contributed by atoms with Gasteiger partial charge in [0.05, 0.1) is 6.54 Å². The number of rotatable bonds is 18. The first kappa shape index (κ1) is 23.7. The molecule has 0 aliphatic rings. The van der Waals surface area contributed by atoms with Crippen molar-refractivity contribution in [2.24, 2.45) is 0 Å². The maximum Gasteiger partial charge on any atom is 0.305 e. The minimum absolute atomic E-state index is 0.170. The van der Waals surface area contributed by atoms with Gasteiger partial charge in [0.2, 0.25) is 5.91 Å². The van der Waals surface area contributed by atoms with Crippen LogP contribution in [0.3, 0.4) is 0 Å². The quantitative estimate of drug-likeness (QED) is 0.206. The van der Waals surface area contributed by atoms with Crippen molar-refractivity contribution in [2.45, 2.75) is 96.8 Å². The normalized spacial score (nSPS) is 10.4. The summed E-state index contributed by atoms with van der Waals surface area (Å²) in [5.74, 6) is -0.413. The fourth-order valence-corrected chi connectivity index (χ4v) is 2.77. The number of hydrogen-bond donors (Lipinski definition) is 1. The predicted octanol–water partition coefficient (Wildman–Crippen LogP) is 5.31. The lowest BCUT2D eigenvalue weighted by molar-refractivity contribution is -0.143. The van der Waals surface area contributed by atoms with Gasteiger partial charge in [0.15, 0.2) is 0 Å². The smallest absolute Gasteiger partial charge is 0.305 e. The molecule has 0 bridgehead atoms. The average molecular weight is 354 g/mol. The highest BCUT2D eigenvalue weighted by Gasteiger charge is 2.02. The van der Waals surface area contributed by atoms with Gasteiger partial charge >= 0.3 is 5.97 Å². The SMILES string of the molecule is C=CC(=O)NCCOC(=O)CCCCCCCCCCCCCCC.